The lowest BCUT2D eigenvalue weighted by Gasteiger charge is -2.38. The highest BCUT2D eigenvalue weighted by Crippen LogP contribution is 2.37. The molecule has 29 heavy (non-hydrogen) atoms. The molecule has 0 aromatic heterocycles. The zero-order valence-electron chi connectivity index (χ0n) is 18.5. The Balaban J connectivity index is 1.84. The van der Waals surface area contributed by atoms with Crippen LogP contribution in [0.5, 0.6) is 0 Å². The first kappa shape index (κ1) is 22.0. The smallest absolute Gasteiger partial charge is 0.262 e. The fourth-order valence-corrected chi connectivity index (χ4v) is 4.87. The summed E-state index contributed by atoms with van der Waals surface area (Å²) in [7, 11) is -1.99. The van der Waals surface area contributed by atoms with Gasteiger partial charge in [-0.2, -0.15) is 0 Å². The number of rotatable bonds is 6. The Morgan fingerprint density at radius 1 is 1.07 bits per heavy atom. The Bertz CT molecular complexity index is 753. The predicted octanol–water partition coefficient (Wildman–Crippen LogP) is 5.81. The summed E-state index contributed by atoms with van der Waals surface area (Å²) in [5.74, 6) is 0.125. The van der Waals surface area contributed by atoms with Gasteiger partial charge in [-0.15, -0.1) is 0 Å². The second kappa shape index (κ2) is 8.56. The number of carbonyl (C=O) groups excluding carboxylic acids is 2. The highest BCUT2D eigenvalue weighted by Gasteiger charge is 2.42. The third-order valence-electron chi connectivity index (χ3n) is 6.83. The van der Waals surface area contributed by atoms with Crippen molar-refractivity contribution in [3.8, 4) is 0 Å². The molecule has 158 valence electrons. The Morgan fingerprint density at radius 2 is 1.62 bits per heavy atom. The minimum Gasteiger partial charge on any atom is -0.414 e. The normalized spacial score (nSPS) is 19.8. The molecule has 0 bridgehead atoms. The molecule has 1 aromatic carbocycles. The van der Waals surface area contributed by atoms with Crippen LogP contribution in [-0.4, -0.2) is 37.7 Å². The van der Waals surface area contributed by atoms with Crippen LogP contribution in [0.15, 0.2) is 36.4 Å². The number of nitrogens with zero attached hydrogens (tertiary/aromatic N) is 1. The largest absolute Gasteiger partial charge is 0.414 e. The lowest BCUT2D eigenvalue weighted by molar-refractivity contribution is 0.0569. The molecule has 1 aromatic rings. The lowest BCUT2D eigenvalue weighted by Crippen LogP contribution is -2.47. The van der Waals surface area contributed by atoms with Gasteiger partial charge >= 0.3 is 0 Å². The molecule has 1 aliphatic heterocycles. The molecule has 0 radical (unpaired) electrons. The number of fused-ring (bicyclic) bond motifs is 1. The zero-order valence-corrected chi connectivity index (χ0v) is 19.5. The summed E-state index contributed by atoms with van der Waals surface area (Å²) in [6.07, 6.45) is 10.5. The van der Waals surface area contributed by atoms with E-state index in [1.165, 1.54) is 37.0 Å². The maximum Gasteiger partial charge on any atom is 0.262 e. The minimum atomic E-state index is -1.99. The molecular weight excluding hydrogens is 378 g/mol. The van der Waals surface area contributed by atoms with Crippen LogP contribution in [0.25, 0.3) is 0 Å². The number of amides is 2. The van der Waals surface area contributed by atoms with Crippen LogP contribution in [-0.2, 0) is 4.43 Å². The van der Waals surface area contributed by atoms with Crippen LogP contribution in [0, 0.1) is 5.92 Å². The van der Waals surface area contributed by atoms with Crippen LogP contribution < -0.4 is 0 Å². The van der Waals surface area contributed by atoms with Gasteiger partial charge < -0.3 is 4.43 Å². The van der Waals surface area contributed by atoms with Gasteiger partial charge in [-0.25, -0.2) is 0 Å². The molecule has 2 amide bonds. The van der Waals surface area contributed by atoms with Crippen molar-refractivity contribution >= 4 is 20.1 Å². The van der Waals surface area contributed by atoms with Crippen molar-refractivity contribution < 1.29 is 14.0 Å². The van der Waals surface area contributed by atoms with E-state index < -0.39 is 8.32 Å². The van der Waals surface area contributed by atoms with Gasteiger partial charge in [-0.05, 0) is 49.0 Å². The molecule has 1 saturated carbocycles. The minimum absolute atomic E-state index is 0.0760. The van der Waals surface area contributed by atoms with Crippen molar-refractivity contribution in [2.75, 3.05) is 6.61 Å². The average molecular weight is 414 g/mol. The average Bonchev–Trinajstić information content (AvgIpc) is 2.93. The van der Waals surface area contributed by atoms with Crippen molar-refractivity contribution in [1.82, 2.24) is 4.90 Å². The molecule has 0 N–H and O–H groups in total. The van der Waals surface area contributed by atoms with Crippen LogP contribution in [0.3, 0.4) is 0 Å². The van der Waals surface area contributed by atoms with E-state index in [2.05, 4.69) is 46.0 Å². The van der Waals surface area contributed by atoms with Crippen LogP contribution in [0.1, 0.15) is 73.6 Å². The summed E-state index contributed by atoms with van der Waals surface area (Å²) in [5.41, 5.74) is 1.00. The first-order valence-electron chi connectivity index (χ1n) is 10.9. The van der Waals surface area contributed by atoms with E-state index in [0.29, 0.717) is 23.7 Å². The van der Waals surface area contributed by atoms with Gasteiger partial charge in [0.2, 0.25) is 0 Å². The van der Waals surface area contributed by atoms with Crippen molar-refractivity contribution in [2.24, 2.45) is 5.92 Å². The van der Waals surface area contributed by atoms with E-state index in [1.54, 1.807) is 12.1 Å². The number of hydrogen-bond donors (Lipinski definition) is 0. The van der Waals surface area contributed by atoms with Gasteiger partial charge in [0, 0.05) is 0 Å². The molecule has 2 aliphatic rings. The van der Waals surface area contributed by atoms with Crippen molar-refractivity contribution in [3.05, 3.63) is 47.5 Å². The third kappa shape index (κ3) is 4.72. The van der Waals surface area contributed by atoms with Gasteiger partial charge in [-0.3, -0.25) is 14.5 Å². The van der Waals surface area contributed by atoms with E-state index in [-0.39, 0.29) is 22.9 Å². The molecule has 5 heteroatoms. The molecule has 0 spiro atoms. The number of hydrogen-bond acceptors (Lipinski definition) is 3. The maximum atomic E-state index is 13.0. The monoisotopic (exact) mass is 413 g/mol. The SMILES string of the molecule is CC(C)(C)[Si](C)(C)OC[C@@H](/C=C\C1CCCCC1)N1C(=O)c2ccccc2C1=O. The molecular formula is C24H35NO3Si. The van der Waals surface area contributed by atoms with Gasteiger partial charge in [-0.1, -0.05) is 64.3 Å². The molecule has 0 saturated heterocycles. The summed E-state index contributed by atoms with van der Waals surface area (Å²) in [6.45, 7) is 11.4. The first-order valence-corrected chi connectivity index (χ1v) is 13.8. The van der Waals surface area contributed by atoms with E-state index in [1.807, 2.05) is 12.1 Å². The fraction of sp³-hybridized carbons (Fsp3) is 0.583. The number of carbonyl (C=O) groups is 2. The highest BCUT2D eigenvalue weighted by molar-refractivity contribution is 6.74. The molecule has 1 aliphatic carbocycles. The second-order valence-corrected chi connectivity index (χ2v) is 14.8. The first-order chi connectivity index (χ1) is 13.6. The molecule has 0 unspecified atom stereocenters. The van der Waals surface area contributed by atoms with E-state index in [9.17, 15) is 9.59 Å². The summed E-state index contributed by atoms with van der Waals surface area (Å²) < 4.78 is 6.45. The van der Waals surface area contributed by atoms with Gasteiger partial charge in [0.05, 0.1) is 23.8 Å². The molecule has 1 atom stereocenters. The van der Waals surface area contributed by atoms with Crippen LogP contribution in [0.4, 0.5) is 0 Å². The van der Waals surface area contributed by atoms with Crippen molar-refractivity contribution in [1.29, 1.82) is 0 Å². The Kier molecular flexibility index (Phi) is 6.49. The summed E-state index contributed by atoms with van der Waals surface area (Å²) in [6, 6.07) is 6.75. The summed E-state index contributed by atoms with van der Waals surface area (Å²) in [4.78, 5) is 27.5. The maximum absolute atomic E-state index is 13.0. The van der Waals surface area contributed by atoms with E-state index >= 15 is 0 Å². The summed E-state index contributed by atoms with van der Waals surface area (Å²) >= 11 is 0. The molecule has 1 fully saturated rings. The molecule has 1 heterocycles. The lowest BCUT2D eigenvalue weighted by atomic mass is 9.89. The number of allylic oxidation sites excluding steroid dienone is 1. The van der Waals surface area contributed by atoms with Gasteiger partial charge in [0.15, 0.2) is 8.32 Å². The van der Waals surface area contributed by atoms with Crippen LogP contribution >= 0.6 is 0 Å². The van der Waals surface area contributed by atoms with Crippen LogP contribution in [0.2, 0.25) is 18.1 Å². The number of benzene rings is 1. The Morgan fingerprint density at radius 3 is 2.14 bits per heavy atom. The molecule has 3 rings (SSSR count). The Hall–Kier alpha value is -1.72. The van der Waals surface area contributed by atoms with Crippen molar-refractivity contribution in [2.45, 2.75) is 77.0 Å². The third-order valence-corrected chi connectivity index (χ3v) is 11.3. The summed E-state index contributed by atoms with van der Waals surface area (Å²) in [5, 5.41) is 0.0760. The quantitative estimate of drug-likeness (QED) is 0.336. The van der Waals surface area contributed by atoms with Gasteiger partial charge in [0.1, 0.15) is 0 Å². The second-order valence-electron chi connectivity index (χ2n) is 9.95. The van der Waals surface area contributed by atoms with E-state index in [0.717, 1.165) is 0 Å². The Labute approximate surface area is 176 Å². The predicted molar refractivity (Wildman–Crippen MR) is 120 cm³/mol. The standard InChI is InChI=1S/C24H35NO3Si/c1-24(2,3)29(4,5)28-17-19(16-15-18-11-7-6-8-12-18)25-22(26)20-13-9-10-14-21(20)23(25)27/h9-10,13-16,18-19H,6-8,11-12,17H2,1-5H3/b16-15-/t19-/m1/s1. The van der Waals surface area contributed by atoms with E-state index in [4.69, 9.17) is 4.43 Å². The molecule has 4 nitrogen and oxygen atoms in total. The number of imide groups is 1. The van der Waals surface area contributed by atoms with Gasteiger partial charge in [0.25, 0.3) is 11.8 Å². The fourth-order valence-electron chi connectivity index (χ4n) is 3.85. The highest BCUT2D eigenvalue weighted by atomic mass is 28.4. The zero-order chi connectivity index (χ0) is 21.2. The van der Waals surface area contributed by atoms with Crippen molar-refractivity contribution in [3.63, 3.8) is 0 Å². The topological polar surface area (TPSA) is 46.6 Å².